The van der Waals surface area contributed by atoms with Gasteiger partial charge in [0, 0.05) is 24.5 Å². The van der Waals surface area contributed by atoms with Crippen molar-refractivity contribution in [3.8, 4) is 0 Å². The standard InChI is InChI=1S/C14H16N2O3S/c15-13-6-7-14(17)16(10-13)8-9-20(18,19)11-12-4-2-1-3-5-12/h1-7,10H,8-9,11,15H2. The Morgan fingerprint density at radius 2 is 1.75 bits per heavy atom. The van der Waals surface area contributed by atoms with Crippen molar-refractivity contribution < 1.29 is 8.42 Å². The molecule has 0 atom stereocenters. The summed E-state index contributed by atoms with van der Waals surface area (Å²) in [5, 5.41) is 0. The number of pyridine rings is 1. The van der Waals surface area contributed by atoms with Crippen LogP contribution in [0.1, 0.15) is 5.56 Å². The van der Waals surface area contributed by atoms with Crippen LogP contribution in [0.3, 0.4) is 0 Å². The van der Waals surface area contributed by atoms with Gasteiger partial charge in [0.1, 0.15) is 0 Å². The average molecular weight is 292 g/mol. The second kappa shape index (κ2) is 5.92. The van der Waals surface area contributed by atoms with Gasteiger partial charge in [0.25, 0.3) is 5.56 Å². The van der Waals surface area contributed by atoms with Crippen molar-refractivity contribution in [2.75, 3.05) is 11.5 Å². The van der Waals surface area contributed by atoms with E-state index >= 15 is 0 Å². The molecule has 0 saturated carbocycles. The Morgan fingerprint density at radius 1 is 1.05 bits per heavy atom. The van der Waals surface area contributed by atoms with E-state index in [1.165, 1.54) is 22.9 Å². The van der Waals surface area contributed by atoms with Crippen LogP contribution < -0.4 is 11.3 Å². The molecule has 5 nitrogen and oxygen atoms in total. The zero-order chi connectivity index (χ0) is 14.6. The van der Waals surface area contributed by atoms with Crippen LogP contribution in [0.25, 0.3) is 0 Å². The summed E-state index contributed by atoms with van der Waals surface area (Å²) < 4.78 is 25.4. The van der Waals surface area contributed by atoms with Gasteiger partial charge in [0.2, 0.25) is 0 Å². The van der Waals surface area contributed by atoms with Crippen LogP contribution in [0, 0.1) is 0 Å². The zero-order valence-electron chi connectivity index (χ0n) is 10.9. The fourth-order valence-electron chi connectivity index (χ4n) is 1.86. The lowest BCUT2D eigenvalue weighted by Gasteiger charge is -2.07. The van der Waals surface area contributed by atoms with E-state index in [1.54, 1.807) is 24.3 Å². The van der Waals surface area contributed by atoms with E-state index in [0.717, 1.165) is 5.56 Å². The molecule has 1 aromatic carbocycles. The quantitative estimate of drug-likeness (QED) is 0.893. The molecule has 1 heterocycles. The zero-order valence-corrected chi connectivity index (χ0v) is 11.7. The summed E-state index contributed by atoms with van der Waals surface area (Å²) in [5.41, 5.74) is 6.50. The van der Waals surface area contributed by atoms with Gasteiger partial charge in [0.05, 0.1) is 11.5 Å². The number of benzene rings is 1. The Balaban J connectivity index is 2.06. The number of sulfone groups is 1. The van der Waals surface area contributed by atoms with Gasteiger partial charge in [-0.2, -0.15) is 0 Å². The normalized spacial score (nSPS) is 11.4. The van der Waals surface area contributed by atoms with Crippen LogP contribution in [0.5, 0.6) is 0 Å². The van der Waals surface area contributed by atoms with Gasteiger partial charge in [-0.15, -0.1) is 0 Å². The Hall–Kier alpha value is -2.08. The topological polar surface area (TPSA) is 82.2 Å². The molecule has 0 spiro atoms. The molecule has 0 bridgehead atoms. The maximum absolute atomic E-state index is 12.0. The lowest BCUT2D eigenvalue weighted by Crippen LogP contribution is -2.24. The van der Waals surface area contributed by atoms with Crippen molar-refractivity contribution >= 4 is 15.5 Å². The largest absolute Gasteiger partial charge is 0.398 e. The van der Waals surface area contributed by atoms with E-state index in [2.05, 4.69) is 0 Å². The average Bonchev–Trinajstić information content (AvgIpc) is 2.40. The molecule has 20 heavy (non-hydrogen) atoms. The number of anilines is 1. The highest BCUT2D eigenvalue weighted by molar-refractivity contribution is 7.90. The number of rotatable bonds is 5. The molecule has 0 aliphatic heterocycles. The summed E-state index contributed by atoms with van der Waals surface area (Å²) in [6.45, 7) is 0.110. The van der Waals surface area contributed by atoms with E-state index in [9.17, 15) is 13.2 Å². The van der Waals surface area contributed by atoms with E-state index in [0.29, 0.717) is 5.69 Å². The number of hydrogen-bond acceptors (Lipinski definition) is 4. The fraction of sp³-hybridized carbons (Fsp3) is 0.214. The number of nitrogen functional groups attached to an aromatic ring is 1. The highest BCUT2D eigenvalue weighted by atomic mass is 32.2. The fourth-order valence-corrected chi connectivity index (χ4v) is 3.18. The summed E-state index contributed by atoms with van der Waals surface area (Å²) in [4.78, 5) is 11.6. The summed E-state index contributed by atoms with van der Waals surface area (Å²) in [7, 11) is -3.26. The van der Waals surface area contributed by atoms with Gasteiger partial charge in [-0.1, -0.05) is 30.3 Å². The number of hydrogen-bond donors (Lipinski definition) is 1. The lowest BCUT2D eigenvalue weighted by atomic mass is 10.2. The maximum atomic E-state index is 12.0. The molecule has 0 saturated heterocycles. The molecule has 0 aliphatic carbocycles. The SMILES string of the molecule is Nc1ccc(=O)n(CCS(=O)(=O)Cc2ccccc2)c1. The molecule has 0 radical (unpaired) electrons. The first-order chi connectivity index (χ1) is 9.46. The molecule has 6 heteroatoms. The van der Waals surface area contributed by atoms with Gasteiger partial charge in [-0.3, -0.25) is 4.79 Å². The van der Waals surface area contributed by atoms with Gasteiger partial charge < -0.3 is 10.3 Å². The Labute approximate surface area is 117 Å². The van der Waals surface area contributed by atoms with Crippen molar-refractivity contribution in [1.82, 2.24) is 4.57 Å². The molecule has 106 valence electrons. The molecule has 2 N–H and O–H groups in total. The molecule has 1 aromatic heterocycles. The van der Waals surface area contributed by atoms with Gasteiger partial charge in [0.15, 0.2) is 9.84 Å². The molecule has 2 rings (SSSR count). The van der Waals surface area contributed by atoms with E-state index in [4.69, 9.17) is 5.73 Å². The summed E-state index contributed by atoms with van der Waals surface area (Å²) in [6.07, 6.45) is 1.46. The Kier molecular flexibility index (Phi) is 4.24. The number of aryl methyl sites for hydroxylation is 1. The highest BCUT2D eigenvalue weighted by Crippen LogP contribution is 2.07. The van der Waals surface area contributed by atoms with Crippen LogP contribution in [-0.2, 0) is 22.1 Å². The number of nitrogens with two attached hydrogens (primary N) is 1. The van der Waals surface area contributed by atoms with Gasteiger partial charge in [-0.25, -0.2) is 8.42 Å². The van der Waals surface area contributed by atoms with E-state index < -0.39 is 9.84 Å². The summed E-state index contributed by atoms with van der Waals surface area (Å²) >= 11 is 0. The summed E-state index contributed by atoms with van der Waals surface area (Å²) in [6, 6.07) is 11.8. The monoisotopic (exact) mass is 292 g/mol. The van der Waals surface area contributed by atoms with Crippen LogP contribution in [0.15, 0.2) is 53.5 Å². The highest BCUT2D eigenvalue weighted by Gasteiger charge is 2.12. The minimum Gasteiger partial charge on any atom is -0.398 e. The molecule has 0 fully saturated rings. The van der Waals surface area contributed by atoms with Crippen molar-refractivity contribution in [1.29, 1.82) is 0 Å². The molecule has 0 amide bonds. The molecular weight excluding hydrogens is 276 g/mol. The first-order valence-corrected chi connectivity index (χ1v) is 7.99. The first kappa shape index (κ1) is 14.3. The Bertz CT molecular complexity index is 737. The predicted octanol–water partition coefficient (Wildman–Crippen LogP) is 1.05. The smallest absolute Gasteiger partial charge is 0.250 e. The van der Waals surface area contributed by atoms with Crippen molar-refractivity contribution in [3.05, 3.63) is 64.6 Å². The minimum absolute atomic E-state index is 0.0229. The third kappa shape index (κ3) is 3.96. The Morgan fingerprint density at radius 3 is 2.45 bits per heavy atom. The lowest BCUT2D eigenvalue weighted by molar-refractivity contribution is 0.586. The van der Waals surface area contributed by atoms with E-state index in [1.807, 2.05) is 6.07 Å². The third-order valence-corrected chi connectivity index (χ3v) is 4.46. The third-order valence-electron chi connectivity index (χ3n) is 2.88. The molecule has 2 aromatic rings. The van der Waals surface area contributed by atoms with Gasteiger partial charge in [-0.05, 0) is 11.6 Å². The van der Waals surface area contributed by atoms with Crippen molar-refractivity contribution in [3.63, 3.8) is 0 Å². The summed E-state index contributed by atoms with van der Waals surface area (Å²) in [5.74, 6) is -0.115. The van der Waals surface area contributed by atoms with Crippen LogP contribution in [0.2, 0.25) is 0 Å². The van der Waals surface area contributed by atoms with Gasteiger partial charge >= 0.3 is 0 Å². The predicted molar refractivity (Wildman–Crippen MR) is 79.0 cm³/mol. The molecular formula is C14H16N2O3S. The first-order valence-electron chi connectivity index (χ1n) is 6.17. The van der Waals surface area contributed by atoms with Crippen molar-refractivity contribution in [2.45, 2.75) is 12.3 Å². The molecule has 0 aliphatic rings. The van der Waals surface area contributed by atoms with Crippen LogP contribution in [0.4, 0.5) is 5.69 Å². The van der Waals surface area contributed by atoms with Crippen molar-refractivity contribution in [2.24, 2.45) is 0 Å². The maximum Gasteiger partial charge on any atom is 0.250 e. The number of aromatic nitrogens is 1. The molecule has 0 unspecified atom stereocenters. The second-order valence-corrected chi connectivity index (χ2v) is 6.76. The van der Waals surface area contributed by atoms with Crippen LogP contribution in [-0.4, -0.2) is 18.7 Å². The minimum atomic E-state index is -3.26. The number of nitrogens with zero attached hydrogens (tertiary/aromatic N) is 1. The van der Waals surface area contributed by atoms with E-state index in [-0.39, 0.29) is 23.6 Å². The van der Waals surface area contributed by atoms with Crippen LogP contribution >= 0.6 is 0 Å². The second-order valence-electron chi connectivity index (χ2n) is 4.57.